The summed E-state index contributed by atoms with van der Waals surface area (Å²) in [6, 6.07) is 4.56. The van der Waals surface area contributed by atoms with E-state index in [1.54, 1.807) is 17.0 Å². The molecule has 0 atom stereocenters. The van der Waals surface area contributed by atoms with E-state index in [2.05, 4.69) is 20.1 Å². The van der Waals surface area contributed by atoms with Crippen LogP contribution in [0.2, 0.25) is 0 Å². The Morgan fingerprint density at radius 1 is 1.30 bits per heavy atom. The first-order chi connectivity index (χ1) is 9.63. The minimum absolute atomic E-state index is 0.222. The van der Waals surface area contributed by atoms with Crippen LogP contribution in [0.1, 0.15) is 21.5 Å². The molecule has 0 unspecified atom stereocenters. The van der Waals surface area contributed by atoms with Crippen LogP contribution in [0, 0.1) is 0 Å². The van der Waals surface area contributed by atoms with Gasteiger partial charge in [-0.1, -0.05) is 15.7 Å². The Balaban J connectivity index is 1.73. The highest BCUT2D eigenvalue weighted by Gasteiger charge is 2.24. The number of benzene rings is 1. The Labute approximate surface area is 117 Å². The smallest absolute Gasteiger partial charge is 0.335 e. The van der Waals surface area contributed by atoms with Crippen LogP contribution in [0.25, 0.3) is 0 Å². The Hall–Kier alpha value is -2.55. The Bertz CT molecular complexity index is 673. The van der Waals surface area contributed by atoms with Crippen molar-refractivity contribution in [3.8, 4) is 0 Å². The molecule has 9 heteroatoms. The van der Waals surface area contributed by atoms with Crippen molar-refractivity contribution >= 4 is 28.7 Å². The van der Waals surface area contributed by atoms with Crippen molar-refractivity contribution in [3.63, 3.8) is 0 Å². The molecule has 20 heavy (non-hydrogen) atoms. The van der Waals surface area contributed by atoms with E-state index in [-0.39, 0.29) is 11.6 Å². The molecule has 102 valence electrons. The molecule has 1 aromatic carbocycles. The van der Waals surface area contributed by atoms with Gasteiger partial charge in [-0.05, 0) is 28.5 Å². The molecular formula is C11H9N5O3S. The van der Waals surface area contributed by atoms with Crippen molar-refractivity contribution in [2.75, 3.05) is 5.32 Å². The fourth-order valence-corrected chi connectivity index (χ4v) is 2.38. The molecule has 0 bridgehead atoms. The minimum atomic E-state index is -0.976. The molecule has 2 aromatic rings. The number of aromatic nitrogens is 3. The van der Waals surface area contributed by atoms with Gasteiger partial charge in [0.05, 0.1) is 5.56 Å². The molecule has 1 aliphatic rings. The molecule has 2 heterocycles. The molecule has 2 N–H and O–H groups in total. The van der Waals surface area contributed by atoms with E-state index < -0.39 is 5.97 Å². The van der Waals surface area contributed by atoms with Gasteiger partial charge in [-0.15, -0.1) is 0 Å². The molecule has 0 fully saturated rings. The average Bonchev–Trinajstić information content (AvgIpc) is 3.05. The van der Waals surface area contributed by atoms with E-state index in [0.29, 0.717) is 18.2 Å². The number of amides is 2. The third-order valence-corrected chi connectivity index (χ3v) is 3.49. The maximum atomic E-state index is 12.0. The summed E-state index contributed by atoms with van der Waals surface area (Å²) in [5.74, 6) is -0.976. The Morgan fingerprint density at radius 2 is 2.10 bits per heavy atom. The average molecular weight is 291 g/mol. The summed E-state index contributed by atoms with van der Waals surface area (Å²) < 4.78 is 3.55. The van der Waals surface area contributed by atoms with Crippen LogP contribution < -0.4 is 5.32 Å². The molecular weight excluding hydrogens is 282 g/mol. The number of urea groups is 1. The van der Waals surface area contributed by atoms with Crippen molar-refractivity contribution in [2.45, 2.75) is 13.1 Å². The molecule has 1 aliphatic heterocycles. The van der Waals surface area contributed by atoms with Gasteiger partial charge in [0.25, 0.3) is 0 Å². The second-order valence-corrected chi connectivity index (χ2v) is 4.97. The van der Waals surface area contributed by atoms with E-state index >= 15 is 0 Å². The fraction of sp³-hybridized carbons (Fsp3) is 0.182. The van der Waals surface area contributed by atoms with Gasteiger partial charge >= 0.3 is 12.0 Å². The summed E-state index contributed by atoms with van der Waals surface area (Å²) in [6.07, 6.45) is 0. The number of carboxylic acids is 1. The highest BCUT2D eigenvalue weighted by molar-refractivity contribution is 7.09. The van der Waals surface area contributed by atoms with Crippen molar-refractivity contribution in [1.82, 2.24) is 19.7 Å². The second kappa shape index (κ2) is 4.85. The van der Waals surface area contributed by atoms with Crippen molar-refractivity contribution in [2.24, 2.45) is 0 Å². The first kappa shape index (κ1) is 12.5. The molecule has 0 spiro atoms. The van der Waals surface area contributed by atoms with Crippen LogP contribution in [0.15, 0.2) is 18.2 Å². The zero-order valence-electron chi connectivity index (χ0n) is 10.1. The molecule has 0 saturated carbocycles. The summed E-state index contributed by atoms with van der Waals surface area (Å²) in [7, 11) is 0. The predicted octanol–water partition coefficient (Wildman–Crippen LogP) is 1.18. The van der Waals surface area contributed by atoms with Gasteiger partial charge in [0, 0.05) is 24.6 Å². The number of carboxylic acid groups (broad SMARTS) is 1. The zero-order valence-corrected chi connectivity index (χ0v) is 10.9. The van der Waals surface area contributed by atoms with Crippen molar-refractivity contribution in [3.05, 3.63) is 34.9 Å². The maximum absolute atomic E-state index is 12.0. The molecule has 0 saturated heterocycles. The highest BCUT2D eigenvalue weighted by Crippen LogP contribution is 2.24. The monoisotopic (exact) mass is 291 g/mol. The van der Waals surface area contributed by atoms with Crippen LogP contribution in [0.4, 0.5) is 9.93 Å². The second-order valence-electron chi connectivity index (χ2n) is 4.24. The third-order valence-electron chi connectivity index (χ3n) is 2.98. The number of hydrogen-bond donors (Lipinski definition) is 2. The summed E-state index contributed by atoms with van der Waals surface area (Å²) in [6.45, 7) is 0.807. The molecule has 3 rings (SSSR count). The molecule has 2 amide bonds. The third kappa shape index (κ3) is 2.30. The lowest BCUT2D eigenvalue weighted by Crippen LogP contribution is -2.30. The summed E-state index contributed by atoms with van der Waals surface area (Å²) in [4.78, 5) is 24.5. The largest absolute Gasteiger partial charge is 0.478 e. The lowest BCUT2D eigenvalue weighted by atomic mass is 10.1. The highest BCUT2D eigenvalue weighted by atomic mass is 32.1. The topological polar surface area (TPSA) is 108 Å². The van der Waals surface area contributed by atoms with E-state index in [1.165, 1.54) is 6.07 Å². The number of fused-ring (bicyclic) bond motifs is 1. The summed E-state index contributed by atoms with van der Waals surface area (Å²) in [5.41, 5.74) is 2.01. The Kier molecular flexibility index (Phi) is 3.03. The molecule has 8 nitrogen and oxygen atoms in total. The summed E-state index contributed by atoms with van der Waals surface area (Å²) >= 11 is 0.992. The number of nitrogens with one attached hydrogen (secondary N) is 1. The van der Waals surface area contributed by atoms with Crippen molar-refractivity contribution < 1.29 is 14.7 Å². The number of nitrogens with zero attached hydrogens (tertiary/aromatic N) is 4. The quantitative estimate of drug-likeness (QED) is 0.860. The predicted molar refractivity (Wildman–Crippen MR) is 69.4 cm³/mol. The lowest BCUT2D eigenvalue weighted by Gasteiger charge is -2.14. The Morgan fingerprint density at radius 3 is 2.80 bits per heavy atom. The number of carbonyl (C=O) groups is 2. The van der Waals surface area contributed by atoms with E-state index in [1.807, 2.05) is 0 Å². The van der Waals surface area contributed by atoms with Crippen LogP contribution in [0.5, 0.6) is 0 Å². The lowest BCUT2D eigenvalue weighted by molar-refractivity contribution is 0.0696. The molecule has 1 aromatic heterocycles. The van der Waals surface area contributed by atoms with E-state index in [9.17, 15) is 9.59 Å². The number of carbonyl (C=O) groups excluding carboxylic acids is 1. The first-order valence-corrected chi connectivity index (χ1v) is 6.47. The normalized spacial score (nSPS) is 13.1. The van der Waals surface area contributed by atoms with Crippen LogP contribution in [0.3, 0.4) is 0 Å². The van der Waals surface area contributed by atoms with Crippen LogP contribution in [-0.4, -0.2) is 36.8 Å². The maximum Gasteiger partial charge on any atom is 0.335 e. The van der Waals surface area contributed by atoms with Gasteiger partial charge in [-0.3, -0.25) is 5.32 Å². The van der Waals surface area contributed by atoms with E-state index in [4.69, 9.17) is 5.11 Å². The minimum Gasteiger partial charge on any atom is -0.478 e. The van der Waals surface area contributed by atoms with Gasteiger partial charge < -0.3 is 10.0 Å². The van der Waals surface area contributed by atoms with Gasteiger partial charge in [-0.25, -0.2) is 9.59 Å². The zero-order chi connectivity index (χ0) is 14.1. The van der Waals surface area contributed by atoms with Gasteiger partial charge in [0.2, 0.25) is 5.13 Å². The first-order valence-electron chi connectivity index (χ1n) is 5.69. The summed E-state index contributed by atoms with van der Waals surface area (Å²) in [5, 5.41) is 18.9. The standard InChI is InChI=1S/C11H9N5O3S/c17-9(18)6-1-2-7-4-16(5-8(7)3-6)11(19)12-10-13-14-15-20-10/h1-3H,4-5H2,(H,17,18)(H,12,13,15,19). The van der Waals surface area contributed by atoms with Gasteiger partial charge in [-0.2, -0.15) is 0 Å². The number of aromatic carboxylic acids is 1. The van der Waals surface area contributed by atoms with Gasteiger partial charge in [0.15, 0.2) is 0 Å². The van der Waals surface area contributed by atoms with E-state index in [0.717, 1.165) is 22.7 Å². The van der Waals surface area contributed by atoms with Gasteiger partial charge in [0.1, 0.15) is 0 Å². The van der Waals surface area contributed by atoms with Crippen LogP contribution in [-0.2, 0) is 13.1 Å². The number of hydrogen-bond acceptors (Lipinski definition) is 6. The number of rotatable bonds is 2. The van der Waals surface area contributed by atoms with Crippen LogP contribution >= 0.6 is 11.5 Å². The number of anilines is 1. The van der Waals surface area contributed by atoms with Crippen molar-refractivity contribution in [1.29, 1.82) is 0 Å². The molecule has 0 aliphatic carbocycles. The fourth-order valence-electron chi connectivity index (χ4n) is 2.02. The molecule has 0 radical (unpaired) electrons. The SMILES string of the molecule is O=C(O)c1ccc2c(c1)CN(C(=O)Nc1nnns1)C2.